The topological polar surface area (TPSA) is 77.8 Å². The maximum atomic E-state index is 12.7. The minimum Gasteiger partial charge on any atom is -0.497 e. The molecular weight excluding hydrogens is 394 g/mol. The number of ether oxygens (including phenoxy) is 2. The van der Waals surface area contributed by atoms with Crippen LogP contribution in [-0.2, 0) is 4.79 Å². The highest BCUT2D eigenvalue weighted by atomic mass is 16.5. The molecule has 6 nitrogen and oxygen atoms in total. The predicted molar refractivity (Wildman–Crippen MR) is 117 cm³/mol. The van der Waals surface area contributed by atoms with Crippen molar-refractivity contribution in [1.82, 2.24) is 5.32 Å². The molecule has 0 fully saturated rings. The lowest BCUT2D eigenvalue weighted by Gasteiger charge is -2.20. The van der Waals surface area contributed by atoms with Crippen LogP contribution in [0.15, 0.2) is 94.1 Å². The van der Waals surface area contributed by atoms with Crippen LogP contribution < -0.4 is 20.4 Å². The van der Waals surface area contributed by atoms with Crippen molar-refractivity contribution in [2.75, 3.05) is 13.7 Å². The smallest absolute Gasteiger partial charge is 0.336 e. The van der Waals surface area contributed by atoms with Gasteiger partial charge in [0.05, 0.1) is 13.2 Å². The first-order chi connectivity index (χ1) is 15.1. The van der Waals surface area contributed by atoms with E-state index in [0.717, 1.165) is 22.3 Å². The van der Waals surface area contributed by atoms with Crippen molar-refractivity contribution >= 4 is 16.9 Å². The molecule has 31 heavy (non-hydrogen) atoms. The van der Waals surface area contributed by atoms with Crippen LogP contribution in [0.4, 0.5) is 0 Å². The van der Waals surface area contributed by atoms with Gasteiger partial charge in [0.15, 0.2) is 6.61 Å². The Labute approximate surface area is 179 Å². The van der Waals surface area contributed by atoms with Crippen LogP contribution in [0, 0.1) is 0 Å². The van der Waals surface area contributed by atoms with Gasteiger partial charge in [-0.25, -0.2) is 4.79 Å². The van der Waals surface area contributed by atoms with Crippen LogP contribution in [0.1, 0.15) is 17.2 Å². The van der Waals surface area contributed by atoms with Crippen molar-refractivity contribution in [3.8, 4) is 11.5 Å². The maximum Gasteiger partial charge on any atom is 0.336 e. The van der Waals surface area contributed by atoms with Crippen molar-refractivity contribution in [2.24, 2.45) is 0 Å². The van der Waals surface area contributed by atoms with Crippen LogP contribution in [0.25, 0.3) is 11.0 Å². The Kier molecular flexibility index (Phi) is 5.98. The summed E-state index contributed by atoms with van der Waals surface area (Å²) >= 11 is 0. The van der Waals surface area contributed by atoms with E-state index >= 15 is 0 Å². The molecular formula is C25H21NO5. The largest absolute Gasteiger partial charge is 0.497 e. The Morgan fingerprint density at radius 3 is 2.32 bits per heavy atom. The third-order valence-electron chi connectivity index (χ3n) is 4.85. The van der Waals surface area contributed by atoms with Gasteiger partial charge in [0.25, 0.3) is 5.91 Å². The Bertz CT molecular complexity index is 1230. The second-order valence-electron chi connectivity index (χ2n) is 6.93. The molecule has 0 unspecified atom stereocenters. The molecule has 4 aromatic rings. The second kappa shape index (κ2) is 9.17. The predicted octanol–water partition coefficient (Wildman–Crippen LogP) is 4.09. The Balaban J connectivity index is 1.49. The number of fused-ring (bicyclic) bond motifs is 1. The number of carbonyl (C=O) groups is 1. The fourth-order valence-electron chi connectivity index (χ4n) is 3.28. The molecule has 0 aliphatic rings. The van der Waals surface area contributed by atoms with Gasteiger partial charge >= 0.3 is 5.63 Å². The number of nitrogens with one attached hydrogen (secondary N) is 1. The highest BCUT2D eigenvalue weighted by Gasteiger charge is 2.17. The fourth-order valence-corrected chi connectivity index (χ4v) is 3.28. The van der Waals surface area contributed by atoms with E-state index in [1.807, 2.05) is 54.6 Å². The first kappa shape index (κ1) is 20.2. The third kappa shape index (κ3) is 4.93. The SMILES string of the molecule is COc1ccc([C@H](NC(=O)COc2ccc3ccc(=O)oc3c2)c2ccccc2)cc1. The van der Waals surface area contributed by atoms with E-state index in [9.17, 15) is 9.59 Å². The number of amides is 1. The zero-order valence-corrected chi connectivity index (χ0v) is 16.9. The number of carbonyl (C=O) groups excluding carboxylic acids is 1. The molecule has 0 saturated heterocycles. The van der Waals surface area contributed by atoms with Crippen molar-refractivity contribution < 1.29 is 18.7 Å². The molecule has 0 bridgehead atoms. The highest BCUT2D eigenvalue weighted by Crippen LogP contribution is 2.24. The van der Waals surface area contributed by atoms with Crippen LogP contribution in [0.5, 0.6) is 11.5 Å². The molecule has 1 aromatic heterocycles. The number of benzene rings is 3. The molecule has 0 aliphatic carbocycles. The van der Waals surface area contributed by atoms with E-state index in [0.29, 0.717) is 11.3 Å². The van der Waals surface area contributed by atoms with Gasteiger partial charge in [0.1, 0.15) is 17.1 Å². The first-order valence-corrected chi connectivity index (χ1v) is 9.77. The van der Waals surface area contributed by atoms with E-state index < -0.39 is 5.63 Å². The first-order valence-electron chi connectivity index (χ1n) is 9.77. The van der Waals surface area contributed by atoms with Gasteiger partial charge in [-0.3, -0.25) is 4.79 Å². The summed E-state index contributed by atoms with van der Waals surface area (Å²) in [5.74, 6) is 0.908. The number of hydrogen-bond donors (Lipinski definition) is 1. The van der Waals surface area contributed by atoms with E-state index in [1.165, 1.54) is 6.07 Å². The van der Waals surface area contributed by atoms with Crippen molar-refractivity contribution in [1.29, 1.82) is 0 Å². The van der Waals surface area contributed by atoms with Gasteiger partial charge in [-0.2, -0.15) is 0 Å². The van der Waals surface area contributed by atoms with Crippen molar-refractivity contribution in [3.63, 3.8) is 0 Å². The molecule has 1 heterocycles. The number of hydrogen-bond acceptors (Lipinski definition) is 5. The van der Waals surface area contributed by atoms with Crippen molar-refractivity contribution in [3.05, 3.63) is 106 Å². The van der Waals surface area contributed by atoms with Gasteiger partial charge in [0.2, 0.25) is 0 Å². The van der Waals surface area contributed by atoms with Crippen LogP contribution >= 0.6 is 0 Å². The third-order valence-corrected chi connectivity index (χ3v) is 4.85. The quantitative estimate of drug-likeness (QED) is 0.460. The molecule has 1 amide bonds. The second-order valence-corrected chi connectivity index (χ2v) is 6.93. The molecule has 0 saturated carbocycles. The van der Waals surface area contributed by atoms with Gasteiger partial charge in [-0.1, -0.05) is 42.5 Å². The van der Waals surface area contributed by atoms with Crippen LogP contribution in [-0.4, -0.2) is 19.6 Å². The summed E-state index contributed by atoms with van der Waals surface area (Å²) in [6, 6.07) is 25.1. The van der Waals surface area contributed by atoms with E-state index in [2.05, 4.69) is 5.32 Å². The molecule has 0 aliphatic heterocycles. The highest BCUT2D eigenvalue weighted by molar-refractivity contribution is 5.80. The summed E-state index contributed by atoms with van der Waals surface area (Å²) in [5, 5.41) is 3.80. The van der Waals surface area contributed by atoms with Gasteiger partial charge in [-0.15, -0.1) is 0 Å². The summed E-state index contributed by atoms with van der Waals surface area (Å²) in [5.41, 5.74) is 1.85. The maximum absolute atomic E-state index is 12.7. The Morgan fingerprint density at radius 1 is 0.903 bits per heavy atom. The van der Waals surface area contributed by atoms with E-state index in [-0.39, 0.29) is 18.6 Å². The summed E-state index contributed by atoms with van der Waals surface area (Å²) in [6.45, 7) is -0.179. The van der Waals surface area contributed by atoms with Crippen LogP contribution in [0.2, 0.25) is 0 Å². The minimum atomic E-state index is -0.437. The van der Waals surface area contributed by atoms with Gasteiger partial charge < -0.3 is 19.2 Å². The lowest BCUT2D eigenvalue weighted by atomic mass is 9.98. The molecule has 3 aromatic carbocycles. The lowest BCUT2D eigenvalue weighted by Crippen LogP contribution is -2.33. The Hall–Kier alpha value is -4.06. The summed E-state index contributed by atoms with van der Waals surface area (Å²) in [4.78, 5) is 24.1. The molecule has 0 radical (unpaired) electrons. The minimum absolute atomic E-state index is 0.179. The normalized spacial score (nSPS) is 11.6. The van der Waals surface area contributed by atoms with Crippen LogP contribution in [0.3, 0.4) is 0 Å². The van der Waals surface area contributed by atoms with Gasteiger partial charge in [-0.05, 0) is 41.5 Å². The summed E-state index contributed by atoms with van der Waals surface area (Å²) in [6.07, 6.45) is 0. The lowest BCUT2D eigenvalue weighted by molar-refractivity contribution is -0.123. The monoisotopic (exact) mass is 415 g/mol. The fraction of sp³-hybridized carbons (Fsp3) is 0.120. The molecule has 0 spiro atoms. The number of methoxy groups -OCH3 is 1. The van der Waals surface area contributed by atoms with E-state index in [4.69, 9.17) is 13.9 Å². The molecule has 4 rings (SSSR count). The van der Waals surface area contributed by atoms with E-state index in [1.54, 1.807) is 31.4 Å². The summed E-state index contributed by atoms with van der Waals surface area (Å²) < 4.78 is 16.0. The number of rotatable bonds is 7. The molecule has 156 valence electrons. The molecule has 1 atom stereocenters. The average molecular weight is 415 g/mol. The Morgan fingerprint density at radius 2 is 1.58 bits per heavy atom. The molecule has 6 heteroatoms. The zero-order valence-electron chi connectivity index (χ0n) is 16.9. The molecule has 1 N–H and O–H groups in total. The zero-order chi connectivity index (χ0) is 21.6. The van der Waals surface area contributed by atoms with Gasteiger partial charge in [0, 0.05) is 17.5 Å². The average Bonchev–Trinajstić information content (AvgIpc) is 2.81. The van der Waals surface area contributed by atoms with Crippen molar-refractivity contribution in [2.45, 2.75) is 6.04 Å². The summed E-state index contributed by atoms with van der Waals surface area (Å²) in [7, 11) is 1.61. The standard InChI is InChI=1S/C25H21NO5/c1-29-20-11-8-19(9-12-20)25(18-5-3-2-4-6-18)26-23(27)16-30-21-13-7-17-10-14-24(28)31-22(17)15-21/h2-15,25H,16H2,1H3,(H,26,27)/t25-/m1/s1.